The van der Waals surface area contributed by atoms with Crippen molar-refractivity contribution in [2.45, 2.75) is 12.5 Å². The largest absolute Gasteiger partial charge is 0.379 e. The van der Waals surface area contributed by atoms with Crippen LogP contribution in [0.4, 0.5) is 11.5 Å². The molecule has 0 bridgehead atoms. The Hall–Kier alpha value is -2.32. The van der Waals surface area contributed by atoms with E-state index in [4.69, 9.17) is 16.9 Å². The number of aromatic nitrogens is 2. The number of hydrogen-bond donors (Lipinski definition) is 1. The van der Waals surface area contributed by atoms with Crippen LogP contribution in [-0.4, -0.2) is 29.1 Å². The van der Waals surface area contributed by atoms with E-state index in [0.717, 1.165) is 31.0 Å². The maximum Gasteiger partial charge on any atom is 0.147 e. The van der Waals surface area contributed by atoms with E-state index in [0.29, 0.717) is 16.8 Å². The van der Waals surface area contributed by atoms with Gasteiger partial charge in [0.05, 0.1) is 16.9 Å². The summed E-state index contributed by atoms with van der Waals surface area (Å²) in [6.07, 6.45) is 4.45. The van der Waals surface area contributed by atoms with Gasteiger partial charge in [0.1, 0.15) is 17.6 Å². The van der Waals surface area contributed by atoms with Gasteiger partial charge in [-0.25, -0.2) is 9.97 Å². The van der Waals surface area contributed by atoms with Gasteiger partial charge >= 0.3 is 0 Å². The predicted octanol–water partition coefficient (Wildman–Crippen LogP) is 2.69. The van der Waals surface area contributed by atoms with E-state index >= 15 is 0 Å². The molecule has 1 N–H and O–H groups in total. The first-order valence-corrected chi connectivity index (χ1v) is 7.12. The monoisotopic (exact) mass is 299 g/mol. The molecule has 3 rings (SSSR count). The van der Waals surface area contributed by atoms with Crippen LogP contribution < -0.4 is 10.2 Å². The zero-order chi connectivity index (χ0) is 14.7. The summed E-state index contributed by atoms with van der Waals surface area (Å²) in [5.74, 6) is 0.835. The lowest BCUT2D eigenvalue weighted by atomic mass is 10.2. The van der Waals surface area contributed by atoms with Crippen LogP contribution >= 0.6 is 11.6 Å². The van der Waals surface area contributed by atoms with Crippen LogP contribution in [0.3, 0.4) is 0 Å². The molecule has 1 atom stereocenters. The van der Waals surface area contributed by atoms with E-state index in [9.17, 15) is 0 Å². The highest BCUT2D eigenvalue weighted by molar-refractivity contribution is 6.32. The van der Waals surface area contributed by atoms with E-state index in [1.54, 1.807) is 18.5 Å². The van der Waals surface area contributed by atoms with Crippen molar-refractivity contribution in [1.82, 2.24) is 9.97 Å². The second-order valence-electron chi connectivity index (χ2n) is 4.93. The number of pyridine rings is 2. The average molecular weight is 300 g/mol. The van der Waals surface area contributed by atoms with Crippen LogP contribution in [0.5, 0.6) is 0 Å². The fourth-order valence-corrected chi connectivity index (χ4v) is 2.70. The minimum Gasteiger partial charge on any atom is -0.379 e. The molecule has 2 aromatic heterocycles. The van der Waals surface area contributed by atoms with Gasteiger partial charge in [0.15, 0.2) is 0 Å². The maximum absolute atomic E-state index is 8.74. The number of rotatable bonds is 3. The molecule has 1 saturated heterocycles. The molecule has 0 aliphatic carbocycles. The Bertz CT molecular complexity index is 665. The first kappa shape index (κ1) is 13.7. The van der Waals surface area contributed by atoms with Gasteiger partial charge in [0.2, 0.25) is 0 Å². The molecule has 6 heteroatoms. The lowest BCUT2D eigenvalue weighted by Gasteiger charge is -2.19. The van der Waals surface area contributed by atoms with Crippen molar-refractivity contribution in [3.05, 3.63) is 47.4 Å². The van der Waals surface area contributed by atoms with Crippen molar-refractivity contribution in [1.29, 1.82) is 5.26 Å². The lowest BCUT2D eigenvalue weighted by molar-refractivity contribution is 0.805. The molecule has 3 heterocycles. The fraction of sp³-hybridized carbons (Fsp3) is 0.267. The summed E-state index contributed by atoms with van der Waals surface area (Å²) in [5, 5.41) is 12.8. The Balaban J connectivity index is 1.64. The van der Waals surface area contributed by atoms with E-state index in [2.05, 4.69) is 20.2 Å². The first-order valence-electron chi connectivity index (χ1n) is 6.74. The summed E-state index contributed by atoms with van der Waals surface area (Å²) in [7, 11) is 0. The quantitative estimate of drug-likeness (QED) is 0.944. The highest BCUT2D eigenvalue weighted by Gasteiger charge is 2.24. The van der Waals surface area contributed by atoms with Crippen LogP contribution in [0, 0.1) is 11.3 Å². The van der Waals surface area contributed by atoms with Crippen LogP contribution in [0.1, 0.15) is 12.1 Å². The van der Waals surface area contributed by atoms with Gasteiger partial charge in [0.25, 0.3) is 0 Å². The fourth-order valence-electron chi connectivity index (χ4n) is 2.46. The van der Waals surface area contributed by atoms with Crippen molar-refractivity contribution in [3.63, 3.8) is 0 Å². The molecular formula is C15H14ClN5. The molecule has 1 aliphatic rings. The minimum absolute atomic E-state index is 0.317. The van der Waals surface area contributed by atoms with Gasteiger partial charge in [-0.1, -0.05) is 11.6 Å². The first-order chi connectivity index (χ1) is 10.3. The summed E-state index contributed by atoms with van der Waals surface area (Å²) in [4.78, 5) is 10.6. The topological polar surface area (TPSA) is 64.8 Å². The number of halogens is 1. The second kappa shape index (κ2) is 5.98. The van der Waals surface area contributed by atoms with E-state index in [1.165, 1.54) is 0 Å². The van der Waals surface area contributed by atoms with E-state index in [1.807, 2.05) is 24.3 Å². The number of hydrogen-bond acceptors (Lipinski definition) is 5. The van der Waals surface area contributed by atoms with Crippen molar-refractivity contribution >= 4 is 23.1 Å². The second-order valence-corrected chi connectivity index (χ2v) is 5.34. The van der Waals surface area contributed by atoms with Crippen LogP contribution in [0.2, 0.25) is 5.02 Å². The van der Waals surface area contributed by atoms with Crippen LogP contribution in [-0.2, 0) is 0 Å². The molecule has 2 aromatic rings. The zero-order valence-corrected chi connectivity index (χ0v) is 12.1. The summed E-state index contributed by atoms with van der Waals surface area (Å²) in [5.41, 5.74) is 1.35. The van der Waals surface area contributed by atoms with Gasteiger partial charge < -0.3 is 10.2 Å². The third-order valence-corrected chi connectivity index (χ3v) is 3.77. The normalized spacial score (nSPS) is 17.5. The Morgan fingerprint density at radius 3 is 2.95 bits per heavy atom. The summed E-state index contributed by atoms with van der Waals surface area (Å²) in [6.45, 7) is 1.76. The smallest absolute Gasteiger partial charge is 0.147 e. The Labute approximate surface area is 128 Å². The third-order valence-electron chi connectivity index (χ3n) is 3.48. The van der Waals surface area contributed by atoms with E-state index in [-0.39, 0.29) is 0 Å². The molecule has 0 spiro atoms. The average Bonchev–Trinajstić information content (AvgIpc) is 2.97. The van der Waals surface area contributed by atoms with E-state index < -0.39 is 0 Å². The Kier molecular flexibility index (Phi) is 3.89. The van der Waals surface area contributed by atoms with Crippen molar-refractivity contribution in [2.24, 2.45) is 0 Å². The number of anilines is 2. The summed E-state index contributed by atoms with van der Waals surface area (Å²) < 4.78 is 0. The molecule has 1 fully saturated rings. The van der Waals surface area contributed by atoms with Gasteiger partial charge in [-0.3, -0.25) is 0 Å². The lowest BCUT2D eigenvalue weighted by Crippen LogP contribution is -2.26. The third kappa shape index (κ3) is 3.06. The molecule has 106 valence electrons. The SMILES string of the molecule is N#Cc1ccc(N[C@@H]2CCN(c3ncccc3Cl)C2)cn1. The molecule has 5 nitrogen and oxygen atoms in total. The standard InChI is InChI=1S/C15H14ClN5/c16-14-2-1-6-18-15(14)21-7-5-13(10-21)20-12-4-3-11(8-17)19-9-12/h1-4,6,9,13,20H,5,7,10H2/t13-/m1/s1. The van der Waals surface area contributed by atoms with Crippen molar-refractivity contribution < 1.29 is 0 Å². The number of nitrogens with zero attached hydrogens (tertiary/aromatic N) is 4. The summed E-state index contributed by atoms with van der Waals surface area (Å²) >= 11 is 6.18. The van der Waals surface area contributed by atoms with Gasteiger partial charge in [-0.2, -0.15) is 5.26 Å². The summed E-state index contributed by atoms with van der Waals surface area (Å²) in [6, 6.07) is 9.61. The molecule has 0 aromatic carbocycles. The molecule has 0 unspecified atom stereocenters. The molecule has 0 saturated carbocycles. The van der Waals surface area contributed by atoms with Gasteiger partial charge in [0, 0.05) is 25.3 Å². The van der Waals surface area contributed by atoms with Gasteiger partial charge in [-0.15, -0.1) is 0 Å². The van der Waals surface area contributed by atoms with Crippen molar-refractivity contribution in [2.75, 3.05) is 23.3 Å². The molecule has 0 amide bonds. The highest BCUT2D eigenvalue weighted by Crippen LogP contribution is 2.26. The molecular weight excluding hydrogens is 286 g/mol. The van der Waals surface area contributed by atoms with Crippen LogP contribution in [0.15, 0.2) is 36.7 Å². The Morgan fingerprint density at radius 1 is 1.33 bits per heavy atom. The van der Waals surface area contributed by atoms with Gasteiger partial charge in [-0.05, 0) is 30.7 Å². The molecule has 21 heavy (non-hydrogen) atoms. The number of nitrogens with one attached hydrogen (secondary N) is 1. The van der Waals surface area contributed by atoms with Crippen molar-refractivity contribution in [3.8, 4) is 6.07 Å². The molecule has 1 aliphatic heterocycles. The Morgan fingerprint density at radius 2 is 2.24 bits per heavy atom. The zero-order valence-electron chi connectivity index (χ0n) is 11.3. The maximum atomic E-state index is 8.74. The highest BCUT2D eigenvalue weighted by atomic mass is 35.5. The minimum atomic E-state index is 0.317. The predicted molar refractivity (Wildman–Crippen MR) is 82.4 cm³/mol. The number of nitriles is 1. The molecule has 0 radical (unpaired) electrons. The van der Waals surface area contributed by atoms with Crippen LogP contribution in [0.25, 0.3) is 0 Å².